The number of hydrogen-bond acceptors (Lipinski definition) is 5. The monoisotopic (exact) mass is 382 g/mol. The number of aromatic nitrogens is 1. The molecule has 0 spiro atoms. The highest BCUT2D eigenvalue weighted by molar-refractivity contribution is 5.94. The molecule has 0 unspecified atom stereocenters. The molecule has 0 aliphatic rings. The molecule has 0 fully saturated rings. The number of esters is 1. The predicted octanol–water partition coefficient (Wildman–Crippen LogP) is 4.86. The van der Waals surface area contributed by atoms with Gasteiger partial charge < -0.3 is 9.47 Å². The van der Waals surface area contributed by atoms with Gasteiger partial charge in [0.25, 0.3) is 6.43 Å². The highest BCUT2D eigenvalue weighted by Gasteiger charge is 2.41. The molecule has 0 atom stereocenters. The molecule has 1 rings (SSSR count). The van der Waals surface area contributed by atoms with Crippen LogP contribution in [0.15, 0.2) is 4.99 Å². The van der Waals surface area contributed by atoms with Gasteiger partial charge in [0.05, 0.1) is 24.5 Å². The first kappa shape index (κ1) is 21.8. The number of halogens is 5. The molecule has 26 heavy (non-hydrogen) atoms. The van der Waals surface area contributed by atoms with Crippen LogP contribution in [0.4, 0.5) is 27.6 Å². The van der Waals surface area contributed by atoms with Gasteiger partial charge in [-0.3, -0.25) is 0 Å². The third-order valence-electron chi connectivity index (χ3n) is 3.18. The van der Waals surface area contributed by atoms with E-state index in [1.54, 1.807) is 13.8 Å². The molecule has 0 N–H and O–H groups in total. The van der Waals surface area contributed by atoms with Gasteiger partial charge in [-0.25, -0.2) is 23.6 Å². The number of carbonyl (C=O) groups is 1. The smallest absolute Gasteiger partial charge is 0.434 e. The number of ether oxygens (including phenoxy) is 2. The maximum atomic E-state index is 13.4. The largest absolute Gasteiger partial charge is 0.483 e. The quantitative estimate of drug-likeness (QED) is 0.279. The zero-order valence-corrected chi connectivity index (χ0v) is 14.5. The van der Waals surface area contributed by atoms with Gasteiger partial charge in [0, 0.05) is 0 Å². The van der Waals surface area contributed by atoms with Crippen LogP contribution in [0.25, 0.3) is 0 Å². The van der Waals surface area contributed by atoms with Crippen molar-refractivity contribution in [2.45, 2.75) is 46.2 Å². The zero-order chi connectivity index (χ0) is 19.9. The van der Waals surface area contributed by atoms with E-state index in [1.807, 2.05) is 0 Å². The first-order valence-corrected chi connectivity index (χ1v) is 7.92. The molecule has 0 radical (unpaired) electrons. The number of pyridine rings is 1. The van der Waals surface area contributed by atoms with Crippen molar-refractivity contribution in [3.63, 3.8) is 0 Å². The van der Waals surface area contributed by atoms with E-state index < -0.39 is 41.2 Å². The molecule has 1 aromatic rings. The van der Waals surface area contributed by atoms with E-state index in [0.29, 0.717) is 0 Å². The summed E-state index contributed by atoms with van der Waals surface area (Å²) < 4.78 is 76.3. The van der Waals surface area contributed by atoms with Crippen molar-refractivity contribution in [2.24, 2.45) is 4.99 Å². The lowest BCUT2D eigenvalue weighted by molar-refractivity contribution is -0.142. The second kappa shape index (κ2) is 9.44. The maximum Gasteiger partial charge on any atom is 0.434 e. The number of alkyl halides is 5. The first-order valence-electron chi connectivity index (χ1n) is 7.92. The van der Waals surface area contributed by atoms with Crippen LogP contribution >= 0.6 is 0 Å². The molecule has 1 heterocycles. The standard InChI is InChI=1S/C16H19F5N2O3/c1-4-7-9-10(15(24)26-6-3)13(16(19,20)21)23-12(14(17)18)11(9)22-8-25-5-2/h8,14H,4-7H2,1-3H3. The van der Waals surface area contributed by atoms with Crippen molar-refractivity contribution < 1.29 is 36.2 Å². The van der Waals surface area contributed by atoms with Crippen LogP contribution < -0.4 is 0 Å². The fourth-order valence-corrected chi connectivity index (χ4v) is 2.23. The Morgan fingerprint density at radius 1 is 1.23 bits per heavy atom. The van der Waals surface area contributed by atoms with Crippen molar-refractivity contribution >= 4 is 18.1 Å². The third-order valence-corrected chi connectivity index (χ3v) is 3.18. The first-order chi connectivity index (χ1) is 12.2. The lowest BCUT2D eigenvalue weighted by Crippen LogP contribution is -2.21. The van der Waals surface area contributed by atoms with Crippen LogP contribution in [0.2, 0.25) is 0 Å². The summed E-state index contributed by atoms with van der Waals surface area (Å²) in [7, 11) is 0. The Bertz CT molecular complexity index is 660. The highest BCUT2D eigenvalue weighted by atomic mass is 19.4. The Hall–Kier alpha value is -2.26. The molecule has 0 saturated heterocycles. The molecular formula is C16H19F5N2O3. The summed E-state index contributed by atoms with van der Waals surface area (Å²) >= 11 is 0. The van der Waals surface area contributed by atoms with E-state index in [1.165, 1.54) is 6.92 Å². The lowest BCUT2D eigenvalue weighted by atomic mass is 9.98. The molecule has 0 aliphatic heterocycles. The summed E-state index contributed by atoms with van der Waals surface area (Å²) in [5.41, 5.74) is -4.56. The summed E-state index contributed by atoms with van der Waals surface area (Å²) in [6.07, 6.45) is -7.41. The van der Waals surface area contributed by atoms with E-state index in [2.05, 4.69) is 14.7 Å². The van der Waals surface area contributed by atoms with Crippen LogP contribution in [0.1, 0.15) is 60.9 Å². The molecule has 0 aromatic carbocycles. The third kappa shape index (κ3) is 5.12. The van der Waals surface area contributed by atoms with Crippen LogP contribution in [0.5, 0.6) is 0 Å². The predicted molar refractivity (Wildman–Crippen MR) is 83.9 cm³/mol. The van der Waals surface area contributed by atoms with Crippen molar-refractivity contribution in [1.29, 1.82) is 0 Å². The van der Waals surface area contributed by atoms with E-state index in [-0.39, 0.29) is 31.6 Å². The zero-order valence-electron chi connectivity index (χ0n) is 14.5. The fourth-order valence-electron chi connectivity index (χ4n) is 2.23. The number of hydrogen-bond donors (Lipinski definition) is 0. The van der Waals surface area contributed by atoms with E-state index in [4.69, 9.17) is 4.74 Å². The average Bonchev–Trinajstić information content (AvgIpc) is 2.54. The summed E-state index contributed by atoms with van der Waals surface area (Å²) in [6, 6.07) is 0. The van der Waals surface area contributed by atoms with Crippen LogP contribution in [0, 0.1) is 0 Å². The summed E-state index contributed by atoms with van der Waals surface area (Å²) in [5.74, 6) is -1.29. The van der Waals surface area contributed by atoms with Gasteiger partial charge in [0.2, 0.25) is 0 Å². The lowest BCUT2D eigenvalue weighted by Gasteiger charge is -2.19. The summed E-state index contributed by atoms with van der Waals surface area (Å²) in [4.78, 5) is 18.9. The van der Waals surface area contributed by atoms with Crippen molar-refractivity contribution in [1.82, 2.24) is 4.98 Å². The van der Waals surface area contributed by atoms with Gasteiger partial charge in [0.1, 0.15) is 5.69 Å². The van der Waals surface area contributed by atoms with Crippen LogP contribution in [-0.4, -0.2) is 30.6 Å². The number of aliphatic imine (C=N–C) groups is 1. The summed E-state index contributed by atoms with van der Waals surface area (Å²) in [5, 5.41) is 0. The van der Waals surface area contributed by atoms with Gasteiger partial charge >= 0.3 is 12.1 Å². The van der Waals surface area contributed by atoms with Crippen molar-refractivity contribution in [2.75, 3.05) is 13.2 Å². The Morgan fingerprint density at radius 2 is 1.88 bits per heavy atom. The minimum atomic E-state index is -5.11. The Balaban J connectivity index is 3.86. The van der Waals surface area contributed by atoms with Gasteiger partial charge in [-0.2, -0.15) is 13.2 Å². The maximum absolute atomic E-state index is 13.4. The van der Waals surface area contributed by atoms with Crippen LogP contribution in [0.3, 0.4) is 0 Å². The van der Waals surface area contributed by atoms with Gasteiger partial charge in [-0.1, -0.05) is 13.3 Å². The number of carbonyl (C=O) groups excluding carboxylic acids is 1. The molecule has 0 amide bonds. The Morgan fingerprint density at radius 3 is 2.35 bits per heavy atom. The molecule has 0 aliphatic carbocycles. The minimum absolute atomic E-state index is 0.0989. The number of rotatable bonds is 8. The van der Waals surface area contributed by atoms with Crippen molar-refractivity contribution in [3.05, 3.63) is 22.5 Å². The highest BCUT2D eigenvalue weighted by Crippen LogP contribution is 2.40. The molecule has 5 nitrogen and oxygen atoms in total. The van der Waals surface area contributed by atoms with E-state index in [0.717, 1.165) is 6.40 Å². The SMILES string of the molecule is CCCc1c(N=COCC)c(C(F)F)nc(C(F)(F)F)c1C(=O)OCC. The summed E-state index contributed by atoms with van der Waals surface area (Å²) in [6.45, 7) is 4.65. The fraction of sp³-hybridized carbons (Fsp3) is 0.562. The van der Waals surface area contributed by atoms with Gasteiger partial charge in [0.15, 0.2) is 12.1 Å². The molecule has 10 heteroatoms. The molecule has 0 saturated carbocycles. The topological polar surface area (TPSA) is 60.8 Å². The second-order valence-corrected chi connectivity index (χ2v) is 5.01. The second-order valence-electron chi connectivity index (χ2n) is 5.01. The van der Waals surface area contributed by atoms with Crippen LogP contribution in [-0.2, 0) is 22.1 Å². The van der Waals surface area contributed by atoms with E-state index >= 15 is 0 Å². The van der Waals surface area contributed by atoms with Crippen molar-refractivity contribution in [3.8, 4) is 0 Å². The minimum Gasteiger partial charge on any atom is -0.483 e. The molecule has 1 aromatic heterocycles. The molecule has 146 valence electrons. The molecule has 0 bridgehead atoms. The molecular weight excluding hydrogens is 363 g/mol. The average molecular weight is 382 g/mol. The van der Waals surface area contributed by atoms with E-state index in [9.17, 15) is 26.7 Å². The Kier molecular flexibility index (Phi) is 7.91. The number of nitrogens with zero attached hydrogens (tertiary/aromatic N) is 2. The van der Waals surface area contributed by atoms with Gasteiger partial charge in [-0.05, 0) is 25.8 Å². The normalized spacial score (nSPS) is 12.0. The Labute approximate surface area is 147 Å². The van der Waals surface area contributed by atoms with Gasteiger partial charge in [-0.15, -0.1) is 0 Å².